The highest BCUT2D eigenvalue weighted by atomic mass is 16.6. The van der Waals surface area contributed by atoms with E-state index in [4.69, 9.17) is 5.11 Å². The molecular formula is C14H20N2O5. The zero-order valence-corrected chi connectivity index (χ0v) is 12.4. The highest BCUT2D eigenvalue weighted by Crippen LogP contribution is 2.28. The predicted molar refractivity (Wildman–Crippen MR) is 78.4 cm³/mol. The summed E-state index contributed by atoms with van der Waals surface area (Å²) in [6, 6.07) is 4.03. The first kappa shape index (κ1) is 16.9. The summed E-state index contributed by atoms with van der Waals surface area (Å²) in [5.74, 6) is -0.553. The van der Waals surface area contributed by atoms with Crippen molar-refractivity contribution in [3.8, 4) is 0 Å². The molecule has 7 nitrogen and oxygen atoms in total. The fourth-order valence-corrected chi connectivity index (χ4v) is 1.81. The third-order valence-electron chi connectivity index (χ3n) is 3.16. The molecule has 0 heterocycles. The van der Waals surface area contributed by atoms with Crippen molar-refractivity contribution in [1.82, 2.24) is 0 Å². The second-order valence-electron chi connectivity index (χ2n) is 5.47. The number of carbonyl (C=O) groups excluding carboxylic acids is 1. The topological polar surface area (TPSA) is 102 Å². The van der Waals surface area contributed by atoms with Crippen LogP contribution >= 0.6 is 0 Å². The number of benzene rings is 1. The number of carbonyl (C=O) groups is 1. The Labute approximate surface area is 123 Å². The van der Waals surface area contributed by atoms with Crippen LogP contribution in [-0.2, 0) is 4.74 Å². The molecule has 0 radical (unpaired) electrons. The van der Waals surface area contributed by atoms with Crippen LogP contribution in [0.25, 0.3) is 0 Å². The van der Waals surface area contributed by atoms with Gasteiger partial charge < -0.3 is 15.2 Å². The van der Waals surface area contributed by atoms with Crippen molar-refractivity contribution in [3.05, 3.63) is 33.9 Å². The molecule has 0 saturated carbocycles. The van der Waals surface area contributed by atoms with Crippen LogP contribution in [0.2, 0.25) is 0 Å². The maximum atomic E-state index is 11.5. The van der Waals surface area contributed by atoms with Crippen molar-refractivity contribution < 1.29 is 19.6 Å². The minimum absolute atomic E-state index is 0.0406. The molecule has 0 saturated heterocycles. The van der Waals surface area contributed by atoms with E-state index in [0.29, 0.717) is 13.0 Å². The molecule has 116 valence electrons. The lowest BCUT2D eigenvalue weighted by molar-refractivity contribution is -0.384. The molecule has 7 heteroatoms. The number of rotatable bonds is 7. The van der Waals surface area contributed by atoms with Gasteiger partial charge in [0.1, 0.15) is 5.69 Å². The molecule has 21 heavy (non-hydrogen) atoms. The van der Waals surface area contributed by atoms with Crippen molar-refractivity contribution in [1.29, 1.82) is 0 Å². The van der Waals surface area contributed by atoms with Crippen LogP contribution in [0.1, 0.15) is 30.6 Å². The van der Waals surface area contributed by atoms with E-state index >= 15 is 0 Å². The molecule has 0 aromatic heterocycles. The summed E-state index contributed by atoms with van der Waals surface area (Å²) in [6.45, 7) is 4.34. The minimum atomic E-state index is -0.553. The van der Waals surface area contributed by atoms with Crippen LogP contribution in [0, 0.1) is 15.5 Å². The molecule has 1 aromatic carbocycles. The molecule has 0 aliphatic carbocycles. The average molecular weight is 296 g/mol. The maximum Gasteiger partial charge on any atom is 0.337 e. The number of nitro benzene ring substituents is 1. The third kappa shape index (κ3) is 4.71. The van der Waals surface area contributed by atoms with Crippen LogP contribution in [0.15, 0.2) is 18.2 Å². The van der Waals surface area contributed by atoms with Crippen molar-refractivity contribution >= 4 is 17.3 Å². The number of aliphatic hydroxyl groups is 1. The largest absolute Gasteiger partial charge is 0.465 e. The Hall–Kier alpha value is -2.15. The van der Waals surface area contributed by atoms with Crippen molar-refractivity contribution in [2.24, 2.45) is 5.41 Å². The lowest BCUT2D eigenvalue weighted by atomic mass is 9.89. The summed E-state index contributed by atoms with van der Waals surface area (Å²) in [4.78, 5) is 22.0. The lowest BCUT2D eigenvalue weighted by Crippen LogP contribution is -2.24. The number of hydrogen-bond donors (Lipinski definition) is 2. The number of ether oxygens (including phenoxy) is 1. The van der Waals surface area contributed by atoms with Gasteiger partial charge in [-0.15, -0.1) is 0 Å². The van der Waals surface area contributed by atoms with Gasteiger partial charge in [-0.3, -0.25) is 10.1 Å². The number of nitro groups is 1. The van der Waals surface area contributed by atoms with E-state index in [1.165, 1.54) is 25.3 Å². The van der Waals surface area contributed by atoms with Gasteiger partial charge in [-0.05, 0) is 24.0 Å². The Morgan fingerprint density at radius 1 is 1.48 bits per heavy atom. The van der Waals surface area contributed by atoms with E-state index in [2.05, 4.69) is 10.1 Å². The predicted octanol–water partition coefficient (Wildman–Crippen LogP) is 2.20. The molecule has 1 rings (SSSR count). The number of aliphatic hydroxyl groups excluding tert-OH is 1. The highest BCUT2D eigenvalue weighted by molar-refractivity contribution is 5.91. The second-order valence-corrected chi connectivity index (χ2v) is 5.47. The number of nitrogens with zero attached hydrogens (tertiary/aromatic N) is 1. The van der Waals surface area contributed by atoms with E-state index in [1.54, 1.807) is 0 Å². The fraction of sp³-hybridized carbons (Fsp3) is 0.500. The summed E-state index contributed by atoms with van der Waals surface area (Å²) < 4.78 is 4.61. The van der Waals surface area contributed by atoms with Gasteiger partial charge in [0.25, 0.3) is 5.69 Å². The molecule has 0 aliphatic heterocycles. The Bertz CT molecular complexity index is 528. The summed E-state index contributed by atoms with van der Waals surface area (Å²) >= 11 is 0. The summed E-state index contributed by atoms with van der Waals surface area (Å²) in [5.41, 5.74) is 0.158. The number of esters is 1. The van der Waals surface area contributed by atoms with Crippen LogP contribution in [-0.4, -0.2) is 36.3 Å². The molecule has 0 unspecified atom stereocenters. The number of hydrogen-bond acceptors (Lipinski definition) is 6. The van der Waals surface area contributed by atoms with Crippen molar-refractivity contribution in [2.45, 2.75) is 20.3 Å². The fourth-order valence-electron chi connectivity index (χ4n) is 1.81. The Morgan fingerprint density at radius 3 is 2.67 bits per heavy atom. The normalized spacial score (nSPS) is 11.0. The van der Waals surface area contributed by atoms with E-state index in [1.807, 2.05) is 13.8 Å². The lowest BCUT2D eigenvalue weighted by Gasteiger charge is -2.24. The molecule has 0 fully saturated rings. The SMILES string of the molecule is COC(=O)c1ccc([N+](=O)[O-])c(NCC(C)(C)CCO)c1. The van der Waals surface area contributed by atoms with Gasteiger partial charge in [-0.2, -0.15) is 0 Å². The molecule has 1 aromatic rings. The molecule has 0 aliphatic rings. The van der Waals surface area contributed by atoms with Crippen molar-refractivity contribution in [3.63, 3.8) is 0 Å². The molecule has 2 N–H and O–H groups in total. The van der Waals surface area contributed by atoms with Gasteiger partial charge in [0, 0.05) is 19.2 Å². The van der Waals surface area contributed by atoms with Crippen molar-refractivity contribution in [2.75, 3.05) is 25.6 Å². The number of anilines is 1. The Kier molecular flexibility index (Phi) is 5.66. The first-order valence-corrected chi connectivity index (χ1v) is 6.52. The summed E-state index contributed by atoms with van der Waals surface area (Å²) in [6.07, 6.45) is 0.560. The van der Waals surface area contributed by atoms with E-state index in [-0.39, 0.29) is 29.0 Å². The minimum Gasteiger partial charge on any atom is -0.465 e. The summed E-state index contributed by atoms with van der Waals surface area (Å²) in [5, 5.41) is 23.0. The molecular weight excluding hydrogens is 276 g/mol. The van der Waals surface area contributed by atoms with Crippen LogP contribution in [0.5, 0.6) is 0 Å². The van der Waals surface area contributed by atoms with Gasteiger partial charge >= 0.3 is 5.97 Å². The standard InChI is InChI=1S/C14H20N2O5/c1-14(2,6-7-17)9-15-11-8-10(13(18)21-3)4-5-12(11)16(19)20/h4-5,8,15,17H,6-7,9H2,1-3H3. The van der Waals surface area contributed by atoms with Gasteiger partial charge in [0.15, 0.2) is 0 Å². The molecule has 0 amide bonds. The number of methoxy groups -OCH3 is 1. The summed E-state index contributed by atoms with van der Waals surface area (Å²) in [7, 11) is 1.25. The number of nitrogens with one attached hydrogen (secondary N) is 1. The van der Waals surface area contributed by atoms with Gasteiger partial charge in [0.2, 0.25) is 0 Å². The van der Waals surface area contributed by atoms with Crippen LogP contribution in [0.4, 0.5) is 11.4 Å². The van der Waals surface area contributed by atoms with Crippen LogP contribution < -0.4 is 5.32 Å². The maximum absolute atomic E-state index is 11.5. The third-order valence-corrected chi connectivity index (χ3v) is 3.16. The van der Waals surface area contributed by atoms with Gasteiger partial charge in [-0.1, -0.05) is 13.8 Å². The zero-order chi connectivity index (χ0) is 16.0. The Morgan fingerprint density at radius 2 is 2.14 bits per heavy atom. The van der Waals surface area contributed by atoms with E-state index in [0.717, 1.165) is 0 Å². The van der Waals surface area contributed by atoms with Gasteiger partial charge in [0.05, 0.1) is 17.6 Å². The monoisotopic (exact) mass is 296 g/mol. The van der Waals surface area contributed by atoms with E-state index in [9.17, 15) is 14.9 Å². The molecule has 0 bridgehead atoms. The Balaban J connectivity index is 3.01. The first-order chi connectivity index (χ1) is 9.80. The smallest absolute Gasteiger partial charge is 0.337 e. The molecule has 0 atom stereocenters. The first-order valence-electron chi connectivity index (χ1n) is 6.52. The van der Waals surface area contributed by atoms with Gasteiger partial charge in [-0.25, -0.2) is 4.79 Å². The van der Waals surface area contributed by atoms with E-state index < -0.39 is 10.9 Å². The average Bonchev–Trinajstić information content (AvgIpc) is 2.43. The second kappa shape index (κ2) is 7.03. The molecule has 0 spiro atoms. The highest BCUT2D eigenvalue weighted by Gasteiger charge is 2.21. The van der Waals surface area contributed by atoms with Crippen LogP contribution in [0.3, 0.4) is 0 Å². The quantitative estimate of drug-likeness (QED) is 0.454. The zero-order valence-electron chi connectivity index (χ0n) is 12.4.